The summed E-state index contributed by atoms with van der Waals surface area (Å²) in [6, 6.07) is 0.686. The number of rotatable bonds is 6. The molecule has 1 unspecified atom stereocenters. The predicted molar refractivity (Wildman–Crippen MR) is 64.2 cm³/mol. The Morgan fingerprint density at radius 2 is 2.20 bits per heavy atom. The van der Waals surface area contributed by atoms with Gasteiger partial charge in [-0.1, -0.05) is 6.92 Å². The molecule has 1 rings (SSSR count). The minimum atomic E-state index is 0.686. The van der Waals surface area contributed by atoms with E-state index in [-0.39, 0.29) is 0 Å². The molecule has 90 valence electrons. The first-order valence-electron chi connectivity index (χ1n) is 6.36. The van der Waals surface area contributed by atoms with E-state index in [0.717, 1.165) is 26.2 Å². The van der Waals surface area contributed by atoms with E-state index in [1.54, 1.807) is 0 Å². The van der Waals surface area contributed by atoms with Crippen LogP contribution in [-0.4, -0.2) is 50.3 Å². The Morgan fingerprint density at radius 1 is 1.33 bits per heavy atom. The van der Waals surface area contributed by atoms with Crippen molar-refractivity contribution >= 4 is 0 Å². The molecule has 0 aliphatic carbocycles. The monoisotopic (exact) mass is 214 g/mol. The van der Waals surface area contributed by atoms with Crippen molar-refractivity contribution in [3.05, 3.63) is 0 Å². The van der Waals surface area contributed by atoms with Crippen LogP contribution in [0.2, 0.25) is 0 Å². The van der Waals surface area contributed by atoms with Crippen molar-refractivity contribution in [2.75, 3.05) is 39.4 Å². The molecular weight excluding hydrogens is 188 g/mol. The van der Waals surface area contributed by atoms with Crippen molar-refractivity contribution in [3.63, 3.8) is 0 Å². The maximum atomic E-state index is 5.48. The van der Waals surface area contributed by atoms with Crippen molar-refractivity contribution in [1.82, 2.24) is 10.2 Å². The van der Waals surface area contributed by atoms with Gasteiger partial charge in [0.25, 0.3) is 0 Å². The molecule has 0 aromatic heterocycles. The molecule has 0 bridgehead atoms. The van der Waals surface area contributed by atoms with Gasteiger partial charge in [0, 0.05) is 38.9 Å². The number of ether oxygens (including phenoxy) is 1. The van der Waals surface area contributed by atoms with Crippen molar-refractivity contribution in [1.29, 1.82) is 0 Å². The highest BCUT2D eigenvalue weighted by molar-refractivity contribution is 4.71. The Balaban J connectivity index is 2.00. The lowest BCUT2D eigenvalue weighted by molar-refractivity contribution is 0.122. The number of nitrogens with one attached hydrogen (secondary N) is 1. The lowest BCUT2D eigenvalue weighted by atomic mass is 10.2. The van der Waals surface area contributed by atoms with Crippen LogP contribution in [0.4, 0.5) is 0 Å². The van der Waals surface area contributed by atoms with Gasteiger partial charge in [-0.2, -0.15) is 0 Å². The number of nitrogens with zero attached hydrogens (tertiary/aromatic N) is 1. The highest BCUT2D eigenvalue weighted by atomic mass is 16.5. The second-order valence-electron chi connectivity index (χ2n) is 4.45. The molecule has 0 radical (unpaired) electrons. The van der Waals surface area contributed by atoms with Crippen LogP contribution in [0.5, 0.6) is 0 Å². The summed E-state index contributed by atoms with van der Waals surface area (Å²) in [5.74, 6) is 0. The third-order valence-electron chi connectivity index (χ3n) is 2.91. The molecule has 1 heterocycles. The molecule has 3 heteroatoms. The molecule has 0 saturated carbocycles. The van der Waals surface area contributed by atoms with Gasteiger partial charge in [-0.15, -0.1) is 0 Å². The lowest BCUT2D eigenvalue weighted by Gasteiger charge is -2.19. The molecule has 0 aromatic carbocycles. The summed E-state index contributed by atoms with van der Waals surface area (Å²) in [5, 5.41) is 3.51. The zero-order chi connectivity index (χ0) is 10.9. The number of hydrogen-bond donors (Lipinski definition) is 1. The summed E-state index contributed by atoms with van der Waals surface area (Å²) < 4.78 is 5.48. The first-order valence-corrected chi connectivity index (χ1v) is 6.36. The zero-order valence-corrected chi connectivity index (χ0v) is 10.3. The molecular formula is C12H26N2O. The second kappa shape index (κ2) is 8.08. The maximum Gasteiger partial charge on any atom is 0.0478 e. The third kappa shape index (κ3) is 6.13. The highest BCUT2D eigenvalue weighted by Gasteiger charge is 2.11. The van der Waals surface area contributed by atoms with Crippen LogP contribution in [0.25, 0.3) is 0 Å². The van der Waals surface area contributed by atoms with E-state index in [0.29, 0.717) is 6.04 Å². The molecule has 1 saturated heterocycles. The Bertz CT molecular complexity index is 153. The minimum Gasteiger partial charge on any atom is -0.381 e. The van der Waals surface area contributed by atoms with E-state index in [2.05, 4.69) is 24.1 Å². The van der Waals surface area contributed by atoms with E-state index in [1.165, 1.54) is 32.5 Å². The molecule has 15 heavy (non-hydrogen) atoms. The van der Waals surface area contributed by atoms with Gasteiger partial charge in [0.2, 0.25) is 0 Å². The smallest absolute Gasteiger partial charge is 0.0478 e. The molecule has 1 aliphatic heterocycles. The fraction of sp³-hybridized carbons (Fsp3) is 1.00. The van der Waals surface area contributed by atoms with Crippen LogP contribution in [0.3, 0.4) is 0 Å². The summed E-state index contributed by atoms with van der Waals surface area (Å²) in [6.45, 7) is 11.0. The van der Waals surface area contributed by atoms with Crippen LogP contribution in [0, 0.1) is 0 Å². The quantitative estimate of drug-likeness (QED) is 0.678. The molecule has 0 aromatic rings. The lowest BCUT2D eigenvalue weighted by Crippen LogP contribution is -2.30. The van der Waals surface area contributed by atoms with Crippen LogP contribution in [0.1, 0.15) is 33.1 Å². The largest absolute Gasteiger partial charge is 0.381 e. The summed E-state index contributed by atoms with van der Waals surface area (Å²) in [4.78, 5) is 2.55. The Labute approximate surface area is 94.2 Å². The highest BCUT2D eigenvalue weighted by Crippen LogP contribution is 2.01. The van der Waals surface area contributed by atoms with Gasteiger partial charge in [0.05, 0.1) is 0 Å². The van der Waals surface area contributed by atoms with Gasteiger partial charge in [0.1, 0.15) is 0 Å². The van der Waals surface area contributed by atoms with Crippen LogP contribution >= 0.6 is 0 Å². The van der Waals surface area contributed by atoms with E-state index < -0.39 is 0 Å². The molecule has 0 spiro atoms. The van der Waals surface area contributed by atoms with Crippen LogP contribution in [-0.2, 0) is 4.74 Å². The normalized spacial score (nSPS) is 24.0. The van der Waals surface area contributed by atoms with Gasteiger partial charge in [0.15, 0.2) is 0 Å². The molecule has 3 nitrogen and oxygen atoms in total. The SMILES string of the molecule is CCCOCCCN1CCNC(C)CC1. The Kier molecular flexibility index (Phi) is 6.98. The standard InChI is InChI=1S/C12H26N2O/c1-3-10-15-11-4-7-14-8-5-12(2)13-6-9-14/h12-13H,3-11H2,1-2H3. The third-order valence-corrected chi connectivity index (χ3v) is 2.91. The molecule has 1 atom stereocenters. The predicted octanol–water partition coefficient (Wildman–Crippen LogP) is 1.49. The van der Waals surface area contributed by atoms with Crippen molar-refractivity contribution in [2.24, 2.45) is 0 Å². The summed E-state index contributed by atoms with van der Waals surface area (Å²) >= 11 is 0. The first-order chi connectivity index (χ1) is 7.33. The van der Waals surface area contributed by atoms with Gasteiger partial charge in [-0.3, -0.25) is 0 Å². The van der Waals surface area contributed by atoms with Crippen molar-refractivity contribution < 1.29 is 4.74 Å². The molecule has 1 aliphatic rings. The van der Waals surface area contributed by atoms with E-state index in [1.807, 2.05) is 0 Å². The fourth-order valence-electron chi connectivity index (χ4n) is 1.92. The van der Waals surface area contributed by atoms with Gasteiger partial charge in [-0.05, 0) is 32.7 Å². The Hall–Kier alpha value is -0.120. The molecule has 1 N–H and O–H groups in total. The van der Waals surface area contributed by atoms with Gasteiger partial charge >= 0.3 is 0 Å². The average molecular weight is 214 g/mol. The number of hydrogen-bond acceptors (Lipinski definition) is 3. The van der Waals surface area contributed by atoms with Gasteiger partial charge < -0.3 is 15.0 Å². The van der Waals surface area contributed by atoms with Crippen LogP contribution in [0.15, 0.2) is 0 Å². The molecule has 0 amide bonds. The van der Waals surface area contributed by atoms with Crippen LogP contribution < -0.4 is 5.32 Å². The maximum absolute atomic E-state index is 5.48. The Morgan fingerprint density at radius 3 is 3.00 bits per heavy atom. The van der Waals surface area contributed by atoms with Gasteiger partial charge in [-0.25, -0.2) is 0 Å². The molecule has 1 fully saturated rings. The zero-order valence-electron chi connectivity index (χ0n) is 10.3. The average Bonchev–Trinajstić information content (AvgIpc) is 2.43. The van der Waals surface area contributed by atoms with E-state index >= 15 is 0 Å². The second-order valence-corrected chi connectivity index (χ2v) is 4.45. The van der Waals surface area contributed by atoms with Crippen molar-refractivity contribution in [2.45, 2.75) is 39.2 Å². The summed E-state index contributed by atoms with van der Waals surface area (Å²) in [7, 11) is 0. The van der Waals surface area contributed by atoms with E-state index in [4.69, 9.17) is 4.74 Å². The topological polar surface area (TPSA) is 24.5 Å². The summed E-state index contributed by atoms with van der Waals surface area (Å²) in [6.07, 6.45) is 3.58. The fourth-order valence-corrected chi connectivity index (χ4v) is 1.92. The van der Waals surface area contributed by atoms with E-state index in [9.17, 15) is 0 Å². The first kappa shape index (κ1) is 12.9. The minimum absolute atomic E-state index is 0.686. The summed E-state index contributed by atoms with van der Waals surface area (Å²) in [5.41, 5.74) is 0. The van der Waals surface area contributed by atoms with Crippen molar-refractivity contribution in [3.8, 4) is 0 Å².